The van der Waals surface area contributed by atoms with Crippen LogP contribution in [0, 0.1) is 0 Å². The summed E-state index contributed by atoms with van der Waals surface area (Å²) in [5, 5.41) is 6.17. The van der Waals surface area contributed by atoms with Crippen LogP contribution in [0.2, 0.25) is 0 Å². The normalized spacial score (nSPS) is 14.0. The highest BCUT2D eigenvalue weighted by atomic mass is 16.1. The average Bonchev–Trinajstić information content (AvgIpc) is 3.33. The summed E-state index contributed by atoms with van der Waals surface area (Å²) in [6, 6.07) is 11.7. The number of carbonyl (C=O) groups excluding carboxylic acids is 1. The molecule has 2 heterocycles. The van der Waals surface area contributed by atoms with Gasteiger partial charge in [0.25, 0.3) is 5.91 Å². The fourth-order valence-electron chi connectivity index (χ4n) is 2.51. The summed E-state index contributed by atoms with van der Waals surface area (Å²) in [7, 11) is 1.95. The first kappa shape index (κ1) is 13.8. The lowest BCUT2D eigenvalue weighted by molar-refractivity contribution is 0.0951. The van der Waals surface area contributed by atoms with E-state index in [1.165, 1.54) is 0 Å². The molecule has 0 bridgehead atoms. The van der Waals surface area contributed by atoms with E-state index in [-0.39, 0.29) is 5.91 Å². The van der Waals surface area contributed by atoms with E-state index < -0.39 is 0 Å². The molecule has 116 valence electrons. The number of amides is 1. The SMILES string of the molecule is Cn1c(Nc2cc(C(=O)NC3CC3)ccn2)nc2ccccc21. The summed E-state index contributed by atoms with van der Waals surface area (Å²) >= 11 is 0. The van der Waals surface area contributed by atoms with Crippen LogP contribution in [0.4, 0.5) is 11.8 Å². The predicted molar refractivity (Wildman–Crippen MR) is 88.7 cm³/mol. The molecule has 1 aliphatic rings. The molecule has 1 saturated carbocycles. The van der Waals surface area contributed by atoms with Crippen molar-refractivity contribution in [2.75, 3.05) is 5.32 Å². The van der Waals surface area contributed by atoms with Gasteiger partial charge in [-0.05, 0) is 37.1 Å². The van der Waals surface area contributed by atoms with Crippen LogP contribution in [0.15, 0.2) is 42.6 Å². The Morgan fingerprint density at radius 3 is 2.87 bits per heavy atom. The van der Waals surface area contributed by atoms with Crippen molar-refractivity contribution >= 4 is 28.7 Å². The molecule has 6 heteroatoms. The van der Waals surface area contributed by atoms with E-state index in [0.29, 0.717) is 23.4 Å². The molecule has 0 saturated heterocycles. The summed E-state index contributed by atoms with van der Waals surface area (Å²) in [6.07, 6.45) is 3.77. The van der Waals surface area contributed by atoms with Gasteiger partial charge in [0.15, 0.2) is 0 Å². The summed E-state index contributed by atoms with van der Waals surface area (Å²) in [5.41, 5.74) is 2.56. The minimum absolute atomic E-state index is 0.0528. The third kappa shape index (κ3) is 2.75. The second kappa shape index (κ2) is 5.39. The minimum Gasteiger partial charge on any atom is -0.349 e. The first-order chi connectivity index (χ1) is 11.2. The number of nitrogens with zero attached hydrogens (tertiary/aromatic N) is 3. The number of pyridine rings is 1. The number of aromatic nitrogens is 3. The standard InChI is InChI=1S/C17H17N5O/c1-22-14-5-3-2-4-13(14)20-17(22)21-15-10-11(8-9-18-15)16(23)19-12-6-7-12/h2-5,8-10,12H,6-7H2,1H3,(H,19,23)(H,18,20,21). The summed E-state index contributed by atoms with van der Waals surface area (Å²) < 4.78 is 1.97. The van der Waals surface area contributed by atoms with Crippen molar-refractivity contribution in [3.63, 3.8) is 0 Å². The number of anilines is 2. The van der Waals surface area contributed by atoms with Gasteiger partial charge in [-0.25, -0.2) is 9.97 Å². The van der Waals surface area contributed by atoms with Crippen LogP contribution in [0.5, 0.6) is 0 Å². The van der Waals surface area contributed by atoms with Crippen molar-refractivity contribution in [2.24, 2.45) is 7.05 Å². The van der Waals surface area contributed by atoms with Crippen molar-refractivity contribution < 1.29 is 4.79 Å². The molecular formula is C17H17N5O. The lowest BCUT2D eigenvalue weighted by atomic mass is 10.2. The van der Waals surface area contributed by atoms with Gasteiger partial charge in [-0.2, -0.15) is 0 Å². The number of fused-ring (bicyclic) bond motifs is 1. The number of imidazole rings is 1. The number of rotatable bonds is 4. The molecular weight excluding hydrogens is 290 g/mol. The zero-order chi connectivity index (χ0) is 15.8. The maximum Gasteiger partial charge on any atom is 0.251 e. The van der Waals surface area contributed by atoms with Gasteiger partial charge in [0.1, 0.15) is 5.82 Å². The van der Waals surface area contributed by atoms with Crippen LogP contribution in [0.1, 0.15) is 23.2 Å². The monoisotopic (exact) mass is 307 g/mol. The van der Waals surface area contributed by atoms with Crippen molar-refractivity contribution in [3.8, 4) is 0 Å². The molecule has 2 N–H and O–H groups in total. The summed E-state index contributed by atoms with van der Waals surface area (Å²) in [4.78, 5) is 21.0. The zero-order valence-electron chi connectivity index (χ0n) is 12.8. The van der Waals surface area contributed by atoms with E-state index in [2.05, 4.69) is 20.6 Å². The quantitative estimate of drug-likeness (QED) is 0.777. The van der Waals surface area contributed by atoms with E-state index in [1.54, 1.807) is 18.3 Å². The van der Waals surface area contributed by atoms with E-state index in [0.717, 1.165) is 23.9 Å². The third-order valence-electron chi connectivity index (χ3n) is 3.96. The van der Waals surface area contributed by atoms with Gasteiger partial charge in [-0.15, -0.1) is 0 Å². The number of benzene rings is 1. The van der Waals surface area contributed by atoms with E-state index in [9.17, 15) is 4.79 Å². The molecule has 6 nitrogen and oxygen atoms in total. The molecule has 1 aromatic carbocycles. The Morgan fingerprint density at radius 2 is 2.09 bits per heavy atom. The number of hydrogen-bond donors (Lipinski definition) is 2. The van der Waals surface area contributed by atoms with Crippen LogP contribution >= 0.6 is 0 Å². The van der Waals surface area contributed by atoms with Crippen molar-refractivity contribution in [3.05, 3.63) is 48.2 Å². The Balaban J connectivity index is 1.60. The number of aryl methyl sites for hydroxylation is 1. The smallest absolute Gasteiger partial charge is 0.251 e. The number of para-hydroxylation sites is 2. The molecule has 0 radical (unpaired) electrons. The Hall–Kier alpha value is -2.89. The van der Waals surface area contributed by atoms with Crippen LogP contribution in [-0.2, 0) is 7.05 Å². The Bertz CT molecular complexity index is 882. The van der Waals surface area contributed by atoms with Gasteiger partial charge in [-0.1, -0.05) is 12.1 Å². The van der Waals surface area contributed by atoms with Gasteiger partial charge in [0.05, 0.1) is 11.0 Å². The Labute approximate surface area is 133 Å². The number of carbonyl (C=O) groups is 1. The molecule has 0 spiro atoms. The van der Waals surface area contributed by atoms with E-state index in [4.69, 9.17) is 0 Å². The van der Waals surface area contributed by atoms with Crippen molar-refractivity contribution in [1.29, 1.82) is 0 Å². The van der Waals surface area contributed by atoms with Crippen molar-refractivity contribution in [1.82, 2.24) is 19.9 Å². The van der Waals surface area contributed by atoms with Crippen LogP contribution in [-0.4, -0.2) is 26.5 Å². The van der Waals surface area contributed by atoms with Crippen LogP contribution in [0.3, 0.4) is 0 Å². The topological polar surface area (TPSA) is 71.8 Å². The average molecular weight is 307 g/mol. The lowest BCUT2D eigenvalue weighted by Gasteiger charge is -2.07. The van der Waals surface area contributed by atoms with E-state index in [1.807, 2.05) is 35.9 Å². The summed E-state index contributed by atoms with van der Waals surface area (Å²) in [6.45, 7) is 0. The molecule has 1 fully saturated rings. The Kier molecular flexibility index (Phi) is 3.22. The van der Waals surface area contributed by atoms with Gasteiger partial charge < -0.3 is 15.2 Å². The fourth-order valence-corrected chi connectivity index (χ4v) is 2.51. The van der Waals surface area contributed by atoms with Gasteiger partial charge in [0.2, 0.25) is 5.95 Å². The van der Waals surface area contributed by atoms with Gasteiger partial charge >= 0.3 is 0 Å². The van der Waals surface area contributed by atoms with Crippen LogP contribution < -0.4 is 10.6 Å². The second-order valence-corrected chi connectivity index (χ2v) is 5.79. The molecule has 1 aliphatic carbocycles. The lowest BCUT2D eigenvalue weighted by Crippen LogP contribution is -2.25. The van der Waals surface area contributed by atoms with Gasteiger partial charge in [-0.3, -0.25) is 4.79 Å². The third-order valence-corrected chi connectivity index (χ3v) is 3.96. The number of nitrogens with one attached hydrogen (secondary N) is 2. The highest BCUT2D eigenvalue weighted by molar-refractivity contribution is 5.95. The predicted octanol–water partition coefficient (Wildman–Crippen LogP) is 2.60. The number of hydrogen-bond acceptors (Lipinski definition) is 4. The maximum atomic E-state index is 12.1. The minimum atomic E-state index is -0.0528. The molecule has 1 amide bonds. The Morgan fingerprint density at radius 1 is 1.26 bits per heavy atom. The molecule has 0 aliphatic heterocycles. The first-order valence-corrected chi connectivity index (χ1v) is 7.66. The zero-order valence-corrected chi connectivity index (χ0v) is 12.8. The second-order valence-electron chi connectivity index (χ2n) is 5.79. The molecule has 3 aromatic rings. The molecule has 0 atom stereocenters. The summed E-state index contributed by atoms with van der Waals surface area (Å²) in [5.74, 6) is 1.24. The highest BCUT2D eigenvalue weighted by Crippen LogP contribution is 2.22. The fraction of sp³-hybridized carbons (Fsp3) is 0.235. The first-order valence-electron chi connectivity index (χ1n) is 7.66. The largest absolute Gasteiger partial charge is 0.349 e. The molecule has 0 unspecified atom stereocenters. The van der Waals surface area contributed by atoms with Crippen molar-refractivity contribution in [2.45, 2.75) is 18.9 Å². The molecule has 23 heavy (non-hydrogen) atoms. The van der Waals surface area contributed by atoms with Gasteiger partial charge in [0, 0.05) is 24.8 Å². The molecule has 4 rings (SSSR count). The van der Waals surface area contributed by atoms with Crippen LogP contribution in [0.25, 0.3) is 11.0 Å². The maximum absolute atomic E-state index is 12.1. The highest BCUT2D eigenvalue weighted by Gasteiger charge is 2.23. The molecule has 2 aromatic heterocycles. The van der Waals surface area contributed by atoms with E-state index >= 15 is 0 Å².